The number of nitrogens with zero attached hydrogens (tertiary/aromatic N) is 1. The van der Waals surface area contributed by atoms with E-state index in [2.05, 4.69) is 56.2 Å². The molecule has 2 saturated carbocycles. The summed E-state index contributed by atoms with van der Waals surface area (Å²) in [5, 5.41) is 0. The Labute approximate surface area is 193 Å². The second-order valence-electron chi connectivity index (χ2n) is 11.3. The molecule has 1 heterocycles. The van der Waals surface area contributed by atoms with Gasteiger partial charge < -0.3 is 4.74 Å². The topological polar surface area (TPSA) is 39.2 Å². The van der Waals surface area contributed by atoms with E-state index in [1.807, 2.05) is 6.20 Å². The van der Waals surface area contributed by atoms with Gasteiger partial charge in [0.1, 0.15) is 6.10 Å². The van der Waals surface area contributed by atoms with Crippen molar-refractivity contribution in [3.63, 3.8) is 0 Å². The summed E-state index contributed by atoms with van der Waals surface area (Å²) >= 11 is 0. The summed E-state index contributed by atoms with van der Waals surface area (Å²) in [6.07, 6.45) is 19.8. The molecule has 32 heavy (non-hydrogen) atoms. The predicted molar refractivity (Wildman–Crippen MR) is 129 cm³/mol. The molecular weight excluding hydrogens is 394 g/mol. The van der Waals surface area contributed by atoms with Crippen molar-refractivity contribution in [3.8, 4) is 0 Å². The maximum absolute atomic E-state index is 12.2. The molecule has 1 aromatic rings. The third-order valence-electron chi connectivity index (χ3n) is 9.64. The number of carbonyl (C=O) groups excluding carboxylic acids is 1. The highest BCUT2D eigenvalue weighted by molar-refractivity contribution is 5.72. The van der Waals surface area contributed by atoms with E-state index in [0.29, 0.717) is 6.42 Å². The number of carbonyl (C=O) groups is 1. The van der Waals surface area contributed by atoms with E-state index in [9.17, 15) is 4.79 Å². The molecule has 0 radical (unpaired) electrons. The number of rotatable bonds is 5. The van der Waals surface area contributed by atoms with Crippen LogP contribution in [0.15, 0.2) is 42.3 Å². The molecule has 1 unspecified atom stereocenters. The van der Waals surface area contributed by atoms with Crippen molar-refractivity contribution in [2.75, 3.05) is 0 Å². The van der Waals surface area contributed by atoms with E-state index in [0.717, 1.165) is 49.9 Å². The van der Waals surface area contributed by atoms with Gasteiger partial charge in [0.05, 0.1) is 0 Å². The molecule has 0 aromatic carbocycles. The number of esters is 1. The summed E-state index contributed by atoms with van der Waals surface area (Å²) < 4.78 is 5.88. The normalized spacial score (nSPS) is 38.1. The Balaban J connectivity index is 1.32. The van der Waals surface area contributed by atoms with E-state index in [1.54, 1.807) is 5.57 Å². The van der Waals surface area contributed by atoms with E-state index in [-0.39, 0.29) is 22.9 Å². The van der Waals surface area contributed by atoms with Gasteiger partial charge in [-0.05, 0) is 90.7 Å². The molecule has 6 atom stereocenters. The number of pyridine rings is 1. The number of unbranched alkanes of at least 4 members (excludes halogenated alkanes) is 1. The van der Waals surface area contributed by atoms with E-state index < -0.39 is 0 Å². The Kier molecular flexibility index (Phi) is 5.80. The minimum absolute atomic E-state index is 0.00290. The van der Waals surface area contributed by atoms with Crippen molar-refractivity contribution in [1.82, 2.24) is 4.98 Å². The number of fused-ring (bicyclic) bond motifs is 5. The van der Waals surface area contributed by atoms with Crippen molar-refractivity contribution in [3.05, 3.63) is 47.8 Å². The molecule has 2 fully saturated rings. The van der Waals surface area contributed by atoms with Gasteiger partial charge in [0, 0.05) is 25.2 Å². The van der Waals surface area contributed by atoms with Crippen LogP contribution < -0.4 is 0 Å². The summed E-state index contributed by atoms with van der Waals surface area (Å²) in [6.45, 7) is 7.17. The molecular formula is C29H39NO2. The van der Waals surface area contributed by atoms with Crippen LogP contribution in [0.1, 0.15) is 90.5 Å². The molecule has 5 rings (SSSR count). The molecule has 0 aliphatic heterocycles. The molecule has 3 heteroatoms. The number of ether oxygens (including phenoxy) is 1. The predicted octanol–water partition coefficient (Wildman–Crippen LogP) is 7.14. The average Bonchev–Trinajstić information content (AvgIpc) is 3.16. The van der Waals surface area contributed by atoms with Gasteiger partial charge in [-0.2, -0.15) is 0 Å². The summed E-state index contributed by atoms with van der Waals surface area (Å²) in [4.78, 5) is 16.6. The third-order valence-corrected chi connectivity index (χ3v) is 9.64. The monoisotopic (exact) mass is 433 g/mol. The summed E-state index contributed by atoms with van der Waals surface area (Å²) in [7, 11) is 0. The van der Waals surface area contributed by atoms with Crippen LogP contribution >= 0.6 is 0 Å². The highest BCUT2D eigenvalue weighted by atomic mass is 16.5. The van der Waals surface area contributed by atoms with Crippen LogP contribution in [0.25, 0.3) is 5.57 Å². The molecule has 4 aliphatic carbocycles. The lowest BCUT2D eigenvalue weighted by atomic mass is 9.47. The molecule has 172 valence electrons. The molecule has 0 amide bonds. The zero-order valence-corrected chi connectivity index (χ0v) is 20.1. The Hall–Kier alpha value is -1.90. The summed E-state index contributed by atoms with van der Waals surface area (Å²) in [6, 6.07) is 4.31. The van der Waals surface area contributed by atoms with Crippen LogP contribution in [0, 0.1) is 28.6 Å². The third kappa shape index (κ3) is 3.56. The lowest BCUT2D eigenvalue weighted by molar-refractivity contribution is -0.151. The molecule has 0 bridgehead atoms. The SMILES string of the molecule is CCCCC(=O)OC1CC[C@@]2(C)C(=CC[C@@H]3[C@@H]2CC[C@]2(C)C(c4cccnc4)=CC[C@@H]32)C1. The second kappa shape index (κ2) is 8.47. The lowest BCUT2D eigenvalue weighted by Crippen LogP contribution is -2.50. The van der Waals surface area contributed by atoms with Crippen molar-refractivity contribution in [1.29, 1.82) is 0 Å². The quantitative estimate of drug-likeness (QED) is 0.366. The van der Waals surface area contributed by atoms with E-state index >= 15 is 0 Å². The fraction of sp³-hybridized carbons (Fsp3) is 0.655. The van der Waals surface area contributed by atoms with Gasteiger partial charge in [0.25, 0.3) is 0 Å². The first-order chi connectivity index (χ1) is 15.5. The van der Waals surface area contributed by atoms with Gasteiger partial charge in [-0.25, -0.2) is 0 Å². The van der Waals surface area contributed by atoms with Crippen molar-refractivity contribution in [2.24, 2.45) is 28.6 Å². The fourth-order valence-electron chi connectivity index (χ4n) is 7.83. The van der Waals surface area contributed by atoms with Crippen molar-refractivity contribution < 1.29 is 9.53 Å². The zero-order chi connectivity index (χ0) is 22.3. The first-order valence-corrected chi connectivity index (χ1v) is 13.0. The molecule has 1 aromatic heterocycles. The average molecular weight is 434 g/mol. The maximum Gasteiger partial charge on any atom is 0.306 e. The first kappa shape index (κ1) is 21.9. The Bertz CT molecular complexity index is 918. The first-order valence-electron chi connectivity index (χ1n) is 13.0. The molecule has 0 N–H and O–H groups in total. The van der Waals surface area contributed by atoms with Crippen LogP contribution in [-0.2, 0) is 9.53 Å². The van der Waals surface area contributed by atoms with Gasteiger partial charge in [-0.1, -0.05) is 51.0 Å². The van der Waals surface area contributed by atoms with Crippen LogP contribution in [0.4, 0.5) is 0 Å². The summed E-state index contributed by atoms with van der Waals surface area (Å²) in [5.41, 5.74) is 5.00. The zero-order valence-electron chi connectivity index (χ0n) is 20.1. The number of hydrogen-bond acceptors (Lipinski definition) is 3. The molecule has 0 spiro atoms. The molecule has 4 aliphatic rings. The summed E-state index contributed by atoms with van der Waals surface area (Å²) in [5.74, 6) is 2.26. The van der Waals surface area contributed by atoms with Gasteiger partial charge in [0.2, 0.25) is 0 Å². The van der Waals surface area contributed by atoms with E-state index in [1.165, 1.54) is 36.8 Å². The lowest BCUT2D eigenvalue weighted by Gasteiger charge is -2.57. The van der Waals surface area contributed by atoms with Gasteiger partial charge >= 0.3 is 5.97 Å². The van der Waals surface area contributed by atoms with E-state index in [4.69, 9.17) is 4.74 Å². The van der Waals surface area contributed by atoms with Crippen LogP contribution in [-0.4, -0.2) is 17.1 Å². The van der Waals surface area contributed by atoms with Gasteiger partial charge in [0.15, 0.2) is 0 Å². The minimum atomic E-state index is 0.00290. The van der Waals surface area contributed by atoms with Gasteiger partial charge in [-0.3, -0.25) is 9.78 Å². The van der Waals surface area contributed by atoms with Gasteiger partial charge in [-0.15, -0.1) is 0 Å². The standard InChI is InChI=1S/C29H39NO2/c1-4-5-8-27(31)32-22-13-15-28(2)21(18-22)9-10-23-25-12-11-24(20-7-6-17-30-19-20)29(25,3)16-14-26(23)28/h6-7,9,11,17,19,22-23,25-26H,4-5,8,10,12-16,18H2,1-3H3/t22?,23-,25-,26-,28-,29+/m0/s1. The van der Waals surface area contributed by atoms with Crippen LogP contribution in [0.2, 0.25) is 0 Å². The highest BCUT2D eigenvalue weighted by Gasteiger charge is 2.57. The molecule has 0 saturated heterocycles. The second-order valence-corrected chi connectivity index (χ2v) is 11.3. The highest BCUT2D eigenvalue weighted by Crippen LogP contribution is 2.66. The van der Waals surface area contributed by atoms with Crippen LogP contribution in [0.3, 0.4) is 0 Å². The smallest absolute Gasteiger partial charge is 0.306 e. The maximum atomic E-state index is 12.2. The van der Waals surface area contributed by atoms with Crippen LogP contribution in [0.5, 0.6) is 0 Å². The van der Waals surface area contributed by atoms with Crippen molar-refractivity contribution >= 4 is 11.5 Å². The Morgan fingerprint density at radius 2 is 1.97 bits per heavy atom. The Morgan fingerprint density at radius 1 is 1.12 bits per heavy atom. The van der Waals surface area contributed by atoms with Crippen molar-refractivity contribution in [2.45, 2.75) is 91.1 Å². The largest absolute Gasteiger partial charge is 0.462 e. The number of aromatic nitrogens is 1. The number of hydrogen-bond donors (Lipinski definition) is 0. The molecule has 3 nitrogen and oxygen atoms in total. The minimum Gasteiger partial charge on any atom is -0.462 e. The Morgan fingerprint density at radius 3 is 2.75 bits per heavy atom. The fourth-order valence-corrected chi connectivity index (χ4v) is 7.83. The number of allylic oxidation sites excluding steroid dienone is 3.